The van der Waals surface area contributed by atoms with Crippen molar-refractivity contribution in [3.05, 3.63) is 18.2 Å². The van der Waals surface area contributed by atoms with E-state index in [4.69, 9.17) is 0 Å². The fourth-order valence-corrected chi connectivity index (χ4v) is 2.77. The van der Waals surface area contributed by atoms with Gasteiger partial charge in [0.05, 0.1) is 0 Å². The van der Waals surface area contributed by atoms with Crippen molar-refractivity contribution in [3.63, 3.8) is 0 Å². The van der Waals surface area contributed by atoms with E-state index in [1.165, 1.54) is 0 Å². The van der Waals surface area contributed by atoms with E-state index in [2.05, 4.69) is 24.1 Å². The highest BCUT2D eigenvalue weighted by atomic mass is 16.2. The van der Waals surface area contributed by atoms with E-state index in [9.17, 15) is 9.59 Å². The Labute approximate surface area is 125 Å². The molecule has 1 atom stereocenters. The van der Waals surface area contributed by atoms with Gasteiger partial charge in [-0.15, -0.1) is 0 Å². The monoisotopic (exact) mass is 292 g/mol. The molecule has 6 heteroatoms. The standard InChI is InChI=1S/C15H24N4O2/c1-4-12-15(21)17-6-5-8-19(12)13(20)10-18-9-7-16-14(18)11(2)3/h7,9,11-12H,4-6,8,10H2,1-3H3,(H,17,21)/t12-/m0/s1. The molecule has 1 aromatic rings. The Balaban J connectivity index is 2.14. The van der Waals surface area contributed by atoms with Gasteiger partial charge in [0.2, 0.25) is 11.8 Å². The van der Waals surface area contributed by atoms with Crippen molar-refractivity contribution < 1.29 is 9.59 Å². The molecule has 0 aliphatic carbocycles. The Morgan fingerprint density at radius 2 is 2.29 bits per heavy atom. The van der Waals surface area contributed by atoms with Gasteiger partial charge in [0, 0.05) is 31.4 Å². The molecule has 0 radical (unpaired) electrons. The fraction of sp³-hybridized carbons (Fsp3) is 0.667. The highest BCUT2D eigenvalue weighted by molar-refractivity contribution is 5.88. The maximum absolute atomic E-state index is 12.6. The Hall–Kier alpha value is -1.85. The van der Waals surface area contributed by atoms with E-state index in [0.717, 1.165) is 12.2 Å². The Morgan fingerprint density at radius 1 is 1.52 bits per heavy atom. The zero-order chi connectivity index (χ0) is 15.4. The van der Waals surface area contributed by atoms with Crippen molar-refractivity contribution in [2.75, 3.05) is 13.1 Å². The van der Waals surface area contributed by atoms with Gasteiger partial charge in [-0.3, -0.25) is 9.59 Å². The number of hydrogen-bond donors (Lipinski definition) is 1. The van der Waals surface area contributed by atoms with Crippen LogP contribution in [0.5, 0.6) is 0 Å². The minimum absolute atomic E-state index is 0.0150. The largest absolute Gasteiger partial charge is 0.354 e. The molecule has 1 aliphatic heterocycles. The molecule has 1 fully saturated rings. The molecule has 0 unspecified atom stereocenters. The maximum atomic E-state index is 12.6. The van der Waals surface area contributed by atoms with E-state index >= 15 is 0 Å². The zero-order valence-electron chi connectivity index (χ0n) is 13.0. The number of aromatic nitrogens is 2. The summed E-state index contributed by atoms with van der Waals surface area (Å²) in [7, 11) is 0. The number of imidazole rings is 1. The van der Waals surface area contributed by atoms with Crippen LogP contribution in [-0.4, -0.2) is 45.4 Å². The second-order valence-electron chi connectivity index (χ2n) is 5.72. The normalized spacial score (nSPS) is 19.5. The van der Waals surface area contributed by atoms with Crippen molar-refractivity contribution in [2.45, 2.75) is 52.1 Å². The average molecular weight is 292 g/mol. The first-order valence-electron chi connectivity index (χ1n) is 7.62. The Bertz CT molecular complexity index is 510. The van der Waals surface area contributed by atoms with Crippen molar-refractivity contribution in [2.24, 2.45) is 0 Å². The maximum Gasteiger partial charge on any atom is 0.243 e. The smallest absolute Gasteiger partial charge is 0.243 e. The lowest BCUT2D eigenvalue weighted by molar-refractivity contribution is -0.140. The lowest BCUT2D eigenvalue weighted by Gasteiger charge is -2.28. The lowest BCUT2D eigenvalue weighted by atomic mass is 10.1. The van der Waals surface area contributed by atoms with Gasteiger partial charge in [0.1, 0.15) is 18.4 Å². The molecule has 21 heavy (non-hydrogen) atoms. The number of hydrogen-bond acceptors (Lipinski definition) is 3. The molecule has 2 rings (SSSR count). The van der Waals surface area contributed by atoms with Crippen LogP contribution in [0.2, 0.25) is 0 Å². The molecule has 2 amide bonds. The second kappa shape index (κ2) is 6.74. The van der Waals surface area contributed by atoms with E-state index in [0.29, 0.717) is 19.5 Å². The second-order valence-corrected chi connectivity index (χ2v) is 5.72. The number of carbonyl (C=O) groups is 2. The van der Waals surface area contributed by atoms with E-state index in [1.54, 1.807) is 11.1 Å². The van der Waals surface area contributed by atoms with Gasteiger partial charge in [-0.05, 0) is 12.8 Å². The van der Waals surface area contributed by atoms with E-state index in [-0.39, 0.29) is 30.3 Å². The quantitative estimate of drug-likeness (QED) is 0.904. The van der Waals surface area contributed by atoms with Crippen molar-refractivity contribution in [1.29, 1.82) is 0 Å². The number of carbonyl (C=O) groups excluding carboxylic acids is 2. The van der Waals surface area contributed by atoms with Gasteiger partial charge in [0.25, 0.3) is 0 Å². The van der Waals surface area contributed by atoms with Crippen LogP contribution in [-0.2, 0) is 16.1 Å². The summed E-state index contributed by atoms with van der Waals surface area (Å²) in [6, 6.07) is -0.356. The number of nitrogens with one attached hydrogen (secondary N) is 1. The highest BCUT2D eigenvalue weighted by Crippen LogP contribution is 2.14. The summed E-state index contributed by atoms with van der Waals surface area (Å²) < 4.78 is 1.88. The van der Waals surface area contributed by atoms with Crippen LogP contribution in [0.1, 0.15) is 45.4 Å². The van der Waals surface area contributed by atoms with Crippen LogP contribution in [0.25, 0.3) is 0 Å². The van der Waals surface area contributed by atoms with Gasteiger partial charge in [-0.25, -0.2) is 4.98 Å². The minimum Gasteiger partial charge on any atom is -0.354 e. The lowest BCUT2D eigenvalue weighted by Crippen LogP contribution is -2.47. The molecule has 0 spiro atoms. The average Bonchev–Trinajstić information content (AvgIpc) is 2.81. The van der Waals surface area contributed by atoms with Crippen LogP contribution < -0.4 is 5.32 Å². The third-order valence-electron chi connectivity index (χ3n) is 3.83. The molecule has 2 heterocycles. The van der Waals surface area contributed by atoms with E-state index in [1.807, 2.05) is 17.7 Å². The Morgan fingerprint density at radius 3 is 2.95 bits per heavy atom. The Kier molecular flexibility index (Phi) is 4.98. The molecule has 1 N–H and O–H groups in total. The molecule has 1 aromatic heterocycles. The van der Waals surface area contributed by atoms with Crippen LogP contribution in [0, 0.1) is 0 Å². The molecule has 0 aromatic carbocycles. The van der Waals surface area contributed by atoms with Gasteiger partial charge in [0.15, 0.2) is 0 Å². The van der Waals surface area contributed by atoms with Crippen molar-refractivity contribution in [1.82, 2.24) is 19.8 Å². The van der Waals surface area contributed by atoms with Gasteiger partial charge in [-0.2, -0.15) is 0 Å². The minimum atomic E-state index is -0.356. The highest BCUT2D eigenvalue weighted by Gasteiger charge is 2.30. The molecule has 1 aliphatic rings. The van der Waals surface area contributed by atoms with Gasteiger partial charge < -0.3 is 14.8 Å². The zero-order valence-corrected chi connectivity index (χ0v) is 13.0. The summed E-state index contributed by atoms with van der Waals surface area (Å²) in [5, 5.41) is 2.87. The van der Waals surface area contributed by atoms with E-state index < -0.39 is 0 Å². The molecular weight excluding hydrogens is 268 g/mol. The SMILES string of the molecule is CC[C@H]1C(=O)NCCCN1C(=O)Cn1ccnc1C(C)C. The third kappa shape index (κ3) is 3.43. The number of amides is 2. The summed E-state index contributed by atoms with van der Waals surface area (Å²) in [5.41, 5.74) is 0. The summed E-state index contributed by atoms with van der Waals surface area (Å²) in [4.78, 5) is 30.6. The fourth-order valence-electron chi connectivity index (χ4n) is 2.77. The molecule has 6 nitrogen and oxygen atoms in total. The predicted octanol–water partition coefficient (Wildman–Crippen LogP) is 1.13. The predicted molar refractivity (Wildman–Crippen MR) is 79.7 cm³/mol. The van der Waals surface area contributed by atoms with Gasteiger partial charge >= 0.3 is 0 Å². The molecule has 0 saturated carbocycles. The first-order valence-corrected chi connectivity index (χ1v) is 7.62. The van der Waals surface area contributed by atoms with Crippen LogP contribution in [0.4, 0.5) is 0 Å². The summed E-state index contributed by atoms with van der Waals surface area (Å²) in [6.45, 7) is 7.56. The van der Waals surface area contributed by atoms with Crippen LogP contribution >= 0.6 is 0 Å². The van der Waals surface area contributed by atoms with Crippen LogP contribution in [0.15, 0.2) is 12.4 Å². The molecular formula is C15H24N4O2. The topological polar surface area (TPSA) is 67.2 Å². The first-order chi connectivity index (χ1) is 10.0. The summed E-state index contributed by atoms with van der Waals surface area (Å²) in [6.07, 6.45) is 4.98. The van der Waals surface area contributed by atoms with Crippen molar-refractivity contribution >= 4 is 11.8 Å². The first kappa shape index (κ1) is 15.5. The molecule has 1 saturated heterocycles. The van der Waals surface area contributed by atoms with Crippen LogP contribution in [0.3, 0.4) is 0 Å². The third-order valence-corrected chi connectivity index (χ3v) is 3.83. The van der Waals surface area contributed by atoms with Gasteiger partial charge in [-0.1, -0.05) is 20.8 Å². The molecule has 0 bridgehead atoms. The summed E-state index contributed by atoms with van der Waals surface area (Å²) in [5.74, 6) is 1.11. The number of rotatable bonds is 4. The molecule has 116 valence electrons. The van der Waals surface area contributed by atoms with Crippen molar-refractivity contribution in [3.8, 4) is 0 Å². The summed E-state index contributed by atoms with van der Waals surface area (Å²) >= 11 is 0. The number of nitrogens with zero attached hydrogens (tertiary/aromatic N) is 3.